The monoisotopic (exact) mass is 229 g/mol. The number of hydrogen-bond acceptors (Lipinski definition) is 2. The number of nitrogens with zero attached hydrogens (tertiary/aromatic N) is 1. The minimum Gasteiger partial charge on any atom is -0.344 e. The van der Waals surface area contributed by atoms with Crippen molar-refractivity contribution >= 4 is 0 Å². The number of aromatic nitrogens is 2. The zero-order chi connectivity index (χ0) is 12.3. The van der Waals surface area contributed by atoms with E-state index >= 15 is 0 Å². The first-order chi connectivity index (χ1) is 8.20. The first-order valence-corrected chi connectivity index (χ1v) is 6.04. The standard InChI is InChI=1S/C14H19N3/c1-4-15-9-13-16-11(3)14(17-13)12-7-5-10(2)6-8-12/h5-8,15H,4,9H2,1-3H3,(H,16,17). The molecule has 2 N–H and O–H groups in total. The summed E-state index contributed by atoms with van der Waals surface area (Å²) in [6, 6.07) is 8.48. The normalized spacial score (nSPS) is 10.8. The molecule has 0 aliphatic heterocycles. The molecule has 3 nitrogen and oxygen atoms in total. The van der Waals surface area contributed by atoms with Crippen molar-refractivity contribution in [1.82, 2.24) is 15.3 Å². The molecule has 2 aromatic rings. The molecule has 0 radical (unpaired) electrons. The van der Waals surface area contributed by atoms with Crippen LogP contribution in [0.2, 0.25) is 0 Å². The SMILES string of the molecule is CCNCc1nc(-c2ccc(C)cc2)c(C)[nH]1. The summed E-state index contributed by atoms with van der Waals surface area (Å²) < 4.78 is 0. The summed E-state index contributed by atoms with van der Waals surface area (Å²) in [5.41, 5.74) is 4.63. The molecule has 0 spiro atoms. The Kier molecular flexibility index (Phi) is 3.59. The van der Waals surface area contributed by atoms with E-state index in [1.165, 1.54) is 11.1 Å². The molecule has 17 heavy (non-hydrogen) atoms. The Morgan fingerprint density at radius 3 is 2.53 bits per heavy atom. The Balaban J connectivity index is 2.26. The van der Waals surface area contributed by atoms with Gasteiger partial charge in [0.15, 0.2) is 0 Å². The average Bonchev–Trinajstić information content (AvgIpc) is 2.69. The van der Waals surface area contributed by atoms with Crippen LogP contribution < -0.4 is 5.32 Å². The lowest BCUT2D eigenvalue weighted by atomic mass is 10.1. The molecule has 3 heteroatoms. The number of hydrogen-bond donors (Lipinski definition) is 2. The van der Waals surface area contributed by atoms with Crippen LogP contribution in [0.1, 0.15) is 24.0 Å². The second kappa shape index (κ2) is 5.15. The fourth-order valence-electron chi connectivity index (χ4n) is 1.84. The molecule has 0 fully saturated rings. The Morgan fingerprint density at radius 1 is 1.18 bits per heavy atom. The van der Waals surface area contributed by atoms with Crippen molar-refractivity contribution in [2.45, 2.75) is 27.3 Å². The zero-order valence-electron chi connectivity index (χ0n) is 10.7. The Morgan fingerprint density at radius 2 is 1.88 bits per heavy atom. The van der Waals surface area contributed by atoms with Gasteiger partial charge in [0.05, 0.1) is 12.2 Å². The highest BCUT2D eigenvalue weighted by Crippen LogP contribution is 2.21. The molecule has 0 aliphatic carbocycles. The molecule has 0 atom stereocenters. The molecule has 0 unspecified atom stereocenters. The van der Waals surface area contributed by atoms with E-state index in [1.54, 1.807) is 0 Å². The summed E-state index contributed by atoms with van der Waals surface area (Å²) in [6.07, 6.45) is 0. The van der Waals surface area contributed by atoms with Gasteiger partial charge in [-0.25, -0.2) is 4.98 Å². The number of aromatic amines is 1. The summed E-state index contributed by atoms with van der Waals surface area (Å²) in [5, 5.41) is 3.27. The second-order valence-electron chi connectivity index (χ2n) is 4.30. The molecule has 1 aromatic heterocycles. The van der Waals surface area contributed by atoms with Gasteiger partial charge in [-0.05, 0) is 20.4 Å². The van der Waals surface area contributed by atoms with E-state index in [0.29, 0.717) is 0 Å². The number of nitrogens with one attached hydrogen (secondary N) is 2. The highest BCUT2D eigenvalue weighted by atomic mass is 15.0. The van der Waals surface area contributed by atoms with E-state index in [9.17, 15) is 0 Å². The van der Waals surface area contributed by atoms with Gasteiger partial charge in [0, 0.05) is 11.3 Å². The lowest BCUT2D eigenvalue weighted by Gasteiger charge is -1.99. The van der Waals surface area contributed by atoms with Gasteiger partial charge in [-0.2, -0.15) is 0 Å². The highest BCUT2D eigenvalue weighted by molar-refractivity contribution is 5.62. The lowest BCUT2D eigenvalue weighted by molar-refractivity contribution is 0.697. The molecule has 0 bridgehead atoms. The molecule has 1 aromatic carbocycles. The van der Waals surface area contributed by atoms with Crippen molar-refractivity contribution in [3.63, 3.8) is 0 Å². The molecule has 0 aliphatic rings. The predicted molar refractivity (Wildman–Crippen MR) is 70.9 cm³/mol. The van der Waals surface area contributed by atoms with Crippen LogP contribution in [-0.4, -0.2) is 16.5 Å². The number of H-pyrrole nitrogens is 1. The highest BCUT2D eigenvalue weighted by Gasteiger charge is 2.08. The van der Waals surface area contributed by atoms with Crippen molar-refractivity contribution in [3.05, 3.63) is 41.3 Å². The van der Waals surface area contributed by atoms with Crippen LogP contribution in [0.4, 0.5) is 0 Å². The molecule has 0 amide bonds. The van der Waals surface area contributed by atoms with Gasteiger partial charge in [0.25, 0.3) is 0 Å². The molecule has 0 saturated heterocycles. The number of aryl methyl sites for hydroxylation is 2. The second-order valence-corrected chi connectivity index (χ2v) is 4.30. The van der Waals surface area contributed by atoms with E-state index in [-0.39, 0.29) is 0 Å². The molecule has 2 rings (SSSR count). The van der Waals surface area contributed by atoms with E-state index in [1.807, 2.05) is 0 Å². The number of rotatable bonds is 4. The van der Waals surface area contributed by atoms with Crippen LogP contribution in [0.3, 0.4) is 0 Å². The zero-order valence-corrected chi connectivity index (χ0v) is 10.7. The van der Waals surface area contributed by atoms with Crippen LogP contribution >= 0.6 is 0 Å². The van der Waals surface area contributed by atoms with Crippen molar-refractivity contribution in [2.24, 2.45) is 0 Å². The minimum atomic E-state index is 0.795. The first-order valence-electron chi connectivity index (χ1n) is 6.04. The average molecular weight is 229 g/mol. The van der Waals surface area contributed by atoms with Gasteiger partial charge in [-0.3, -0.25) is 0 Å². The van der Waals surface area contributed by atoms with Gasteiger partial charge in [-0.15, -0.1) is 0 Å². The maximum absolute atomic E-state index is 4.63. The van der Waals surface area contributed by atoms with Gasteiger partial charge < -0.3 is 10.3 Å². The number of benzene rings is 1. The van der Waals surface area contributed by atoms with Crippen LogP contribution in [0, 0.1) is 13.8 Å². The summed E-state index contributed by atoms with van der Waals surface area (Å²) in [7, 11) is 0. The fraction of sp³-hybridized carbons (Fsp3) is 0.357. The molecular formula is C14H19N3. The van der Waals surface area contributed by atoms with Gasteiger partial charge in [0.2, 0.25) is 0 Å². The fourth-order valence-corrected chi connectivity index (χ4v) is 1.84. The van der Waals surface area contributed by atoms with Crippen molar-refractivity contribution in [1.29, 1.82) is 0 Å². The Bertz CT molecular complexity index is 483. The molecule has 90 valence electrons. The maximum Gasteiger partial charge on any atom is 0.121 e. The topological polar surface area (TPSA) is 40.7 Å². The smallest absolute Gasteiger partial charge is 0.121 e. The minimum absolute atomic E-state index is 0.795. The summed E-state index contributed by atoms with van der Waals surface area (Å²) in [4.78, 5) is 7.95. The Hall–Kier alpha value is -1.61. The lowest BCUT2D eigenvalue weighted by Crippen LogP contribution is -2.12. The van der Waals surface area contributed by atoms with Gasteiger partial charge >= 0.3 is 0 Å². The van der Waals surface area contributed by atoms with Crippen LogP contribution in [-0.2, 0) is 6.54 Å². The van der Waals surface area contributed by atoms with Crippen molar-refractivity contribution in [3.8, 4) is 11.3 Å². The van der Waals surface area contributed by atoms with Crippen LogP contribution in [0.5, 0.6) is 0 Å². The summed E-state index contributed by atoms with van der Waals surface area (Å²) in [6.45, 7) is 8.01. The summed E-state index contributed by atoms with van der Waals surface area (Å²) >= 11 is 0. The summed E-state index contributed by atoms with van der Waals surface area (Å²) in [5.74, 6) is 1.000. The third kappa shape index (κ3) is 2.74. The number of imidazole rings is 1. The predicted octanol–water partition coefficient (Wildman–Crippen LogP) is 2.80. The van der Waals surface area contributed by atoms with Crippen molar-refractivity contribution < 1.29 is 0 Å². The largest absolute Gasteiger partial charge is 0.344 e. The van der Waals surface area contributed by atoms with E-state index in [2.05, 4.69) is 60.3 Å². The quantitative estimate of drug-likeness (QED) is 0.846. The van der Waals surface area contributed by atoms with Crippen LogP contribution in [0.25, 0.3) is 11.3 Å². The van der Waals surface area contributed by atoms with E-state index in [0.717, 1.165) is 30.3 Å². The third-order valence-corrected chi connectivity index (χ3v) is 2.80. The molecule has 1 heterocycles. The van der Waals surface area contributed by atoms with Gasteiger partial charge in [0.1, 0.15) is 5.82 Å². The van der Waals surface area contributed by atoms with Crippen molar-refractivity contribution in [2.75, 3.05) is 6.54 Å². The Labute approximate surface area is 102 Å². The van der Waals surface area contributed by atoms with E-state index in [4.69, 9.17) is 0 Å². The third-order valence-electron chi connectivity index (χ3n) is 2.80. The first kappa shape index (κ1) is 11.9. The van der Waals surface area contributed by atoms with E-state index < -0.39 is 0 Å². The molecule has 0 saturated carbocycles. The van der Waals surface area contributed by atoms with Gasteiger partial charge in [-0.1, -0.05) is 36.8 Å². The van der Waals surface area contributed by atoms with Crippen LogP contribution in [0.15, 0.2) is 24.3 Å². The molecular weight excluding hydrogens is 210 g/mol. The maximum atomic E-state index is 4.63.